The van der Waals surface area contributed by atoms with Crippen LogP contribution in [0, 0.1) is 0 Å². The summed E-state index contributed by atoms with van der Waals surface area (Å²) in [5.41, 5.74) is 0. The van der Waals surface area contributed by atoms with Crippen LogP contribution < -0.4 is 10.2 Å². The summed E-state index contributed by atoms with van der Waals surface area (Å²) in [5, 5.41) is 10.7. The van der Waals surface area contributed by atoms with Gasteiger partial charge in [0.15, 0.2) is 0 Å². The molecule has 0 bridgehead atoms. The molecule has 1 heterocycles. The second-order valence-electron chi connectivity index (χ2n) is 3.87. The van der Waals surface area contributed by atoms with Crippen molar-refractivity contribution in [2.45, 2.75) is 32.7 Å². The van der Waals surface area contributed by atoms with Gasteiger partial charge in [0.05, 0.1) is 12.6 Å². The monoisotopic (exact) mass is 248 g/mol. The average molecular weight is 248 g/mol. The van der Waals surface area contributed by atoms with Gasteiger partial charge in [-0.1, -0.05) is 12.0 Å². The molecule has 0 aliphatic rings. The molecule has 0 aliphatic heterocycles. The minimum atomic E-state index is -2.43. The molecule has 1 aromatic rings. The van der Waals surface area contributed by atoms with Crippen molar-refractivity contribution >= 4 is 6.01 Å². The third-order valence-electron chi connectivity index (χ3n) is 2.24. The van der Waals surface area contributed by atoms with E-state index in [-0.39, 0.29) is 12.1 Å². The SMILES string of the molecule is CCCNC(C)c1nnc(N(C)CC(F)F)o1. The van der Waals surface area contributed by atoms with Crippen molar-refractivity contribution in [3.63, 3.8) is 0 Å². The van der Waals surface area contributed by atoms with Crippen LogP contribution in [0.1, 0.15) is 32.2 Å². The molecule has 1 rings (SSSR count). The summed E-state index contributed by atoms with van der Waals surface area (Å²) >= 11 is 0. The van der Waals surface area contributed by atoms with Crippen LogP contribution in [0.2, 0.25) is 0 Å². The highest BCUT2D eigenvalue weighted by Crippen LogP contribution is 2.16. The first-order valence-electron chi connectivity index (χ1n) is 5.60. The maximum absolute atomic E-state index is 12.2. The Morgan fingerprint density at radius 2 is 2.12 bits per heavy atom. The Morgan fingerprint density at radius 1 is 1.41 bits per heavy atom. The van der Waals surface area contributed by atoms with Crippen LogP contribution in [-0.2, 0) is 0 Å². The smallest absolute Gasteiger partial charge is 0.318 e. The lowest BCUT2D eigenvalue weighted by molar-refractivity contribution is 0.154. The van der Waals surface area contributed by atoms with E-state index < -0.39 is 13.0 Å². The molecule has 1 atom stereocenters. The topological polar surface area (TPSA) is 54.2 Å². The van der Waals surface area contributed by atoms with Crippen LogP contribution in [0.15, 0.2) is 4.42 Å². The van der Waals surface area contributed by atoms with E-state index in [1.807, 2.05) is 6.92 Å². The summed E-state index contributed by atoms with van der Waals surface area (Å²) in [6.07, 6.45) is -1.43. The highest BCUT2D eigenvalue weighted by Gasteiger charge is 2.17. The maximum atomic E-state index is 12.2. The van der Waals surface area contributed by atoms with E-state index in [1.165, 1.54) is 11.9 Å². The fraction of sp³-hybridized carbons (Fsp3) is 0.800. The van der Waals surface area contributed by atoms with Crippen LogP contribution in [0.3, 0.4) is 0 Å². The van der Waals surface area contributed by atoms with Crippen LogP contribution in [-0.4, -0.2) is 36.8 Å². The first-order valence-corrected chi connectivity index (χ1v) is 5.60. The number of anilines is 1. The Bertz CT molecular complexity index is 332. The highest BCUT2D eigenvalue weighted by atomic mass is 19.3. The molecule has 98 valence electrons. The summed E-state index contributed by atoms with van der Waals surface area (Å²) < 4.78 is 29.6. The maximum Gasteiger partial charge on any atom is 0.318 e. The van der Waals surface area contributed by atoms with Crippen molar-refractivity contribution in [2.24, 2.45) is 0 Å². The number of aromatic nitrogens is 2. The van der Waals surface area contributed by atoms with Gasteiger partial charge < -0.3 is 14.6 Å². The Morgan fingerprint density at radius 3 is 2.71 bits per heavy atom. The minimum absolute atomic E-state index is 0.0730. The zero-order valence-electron chi connectivity index (χ0n) is 10.3. The third-order valence-corrected chi connectivity index (χ3v) is 2.24. The number of rotatable bonds is 7. The van der Waals surface area contributed by atoms with Crippen LogP contribution in [0.4, 0.5) is 14.8 Å². The van der Waals surface area contributed by atoms with Crippen molar-refractivity contribution in [3.05, 3.63) is 5.89 Å². The summed E-state index contributed by atoms with van der Waals surface area (Å²) in [6.45, 7) is 4.36. The van der Waals surface area contributed by atoms with Crippen molar-refractivity contribution in [1.82, 2.24) is 15.5 Å². The number of hydrogen-bond donors (Lipinski definition) is 1. The second kappa shape index (κ2) is 6.48. The predicted octanol–water partition coefficient (Wildman–Crippen LogP) is 1.83. The number of alkyl halides is 2. The van der Waals surface area contributed by atoms with E-state index in [0.717, 1.165) is 13.0 Å². The molecule has 0 fully saturated rings. The van der Waals surface area contributed by atoms with E-state index in [1.54, 1.807) is 0 Å². The van der Waals surface area contributed by atoms with E-state index >= 15 is 0 Å². The van der Waals surface area contributed by atoms with E-state index in [4.69, 9.17) is 4.42 Å². The van der Waals surface area contributed by atoms with Crippen molar-refractivity contribution in [3.8, 4) is 0 Å². The molecule has 0 aliphatic carbocycles. The van der Waals surface area contributed by atoms with Crippen LogP contribution in [0.5, 0.6) is 0 Å². The number of nitrogens with zero attached hydrogens (tertiary/aromatic N) is 3. The number of nitrogens with one attached hydrogen (secondary N) is 1. The molecular weight excluding hydrogens is 230 g/mol. The molecule has 0 saturated heterocycles. The molecule has 1 N–H and O–H groups in total. The largest absolute Gasteiger partial charge is 0.406 e. The molecule has 5 nitrogen and oxygen atoms in total. The molecule has 17 heavy (non-hydrogen) atoms. The summed E-state index contributed by atoms with van der Waals surface area (Å²) in [4.78, 5) is 1.24. The highest BCUT2D eigenvalue weighted by molar-refractivity contribution is 5.22. The Hall–Kier alpha value is -1.24. The van der Waals surface area contributed by atoms with Gasteiger partial charge in [-0.15, -0.1) is 5.10 Å². The van der Waals surface area contributed by atoms with Crippen molar-refractivity contribution in [2.75, 3.05) is 25.0 Å². The standard InChI is InChI=1S/C10H18F2N4O/c1-4-5-13-7(2)9-14-15-10(17-9)16(3)6-8(11)12/h7-8,13H,4-6H2,1-3H3. The summed E-state index contributed by atoms with van der Waals surface area (Å²) in [5.74, 6) is 0.412. The molecule has 0 aromatic carbocycles. The first-order chi connectivity index (χ1) is 8.04. The Balaban J connectivity index is 2.57. The van der Waals surface area contributed by atoms with Crippen molar-refractivity contribution < 1.29 is 13.2 Å². The fourth-order valence-electron chi connectivity index (χ4n) is 1.29. The minimum Gasteiger partial charge on any atom is -0.406 e. The first kappa shape index (κ1) is 13.8. The quantitative estimate of drug-likeness (QED) is 0.797. The van der Waals surface area contributed by atoms with Gasteiger partial charge in [0.1, 0.15) is 0 Å². The van der Waals surface area contributed by atoms with Gasteiger partial charge in [-0.05, 0) is 19.9 Å². The van der Waals surface area contributed by atoms with Crippen LogP contribution in [0.25, 0.3) is 0 Å². The molecule has 1 aromatic heterocycles. The molecule has 0 spiro atoms. The van der Waals surface area contributed by atoms with Gasteiger partial charge in [0, 0.05) is 7.05 Å². The lowest BCUT2D eigenvalue weighted by atomic mass is 10.3. The predicted molar refractivity (Wildman–Crippen MR) is 60.3 cm³/mol. The normalized spacial score (nSPS) is 13.1. The van der Waals surface area contributed by atoms with E-state index in [9.17, 15) is 8.78 Å². The number of hydrogen-bond acceptors (Lipinski definition) is 5. The van der Waals surface area contributed by atoms with Gasteiger partial charge in [-0.2, -0.15) is 0 Å². The van der Waals surface area contributed by atoms with E-state index in [0.29, 0.717) is 5.89 Å². The lowest BCUT2D eigenvalue weighted by Gasteiger charge is -2.12. The Labute approximate surface area is 99.2 Å². The molecule has 0 radical (unpaired) electrons. The zero-order chi connectivity index (χ0) is 12.8. The van der Waals surface area contributed by atoms with Crippen molar-refractivity contribution in [1.29, 1.82) is 0 Å². The summed E-state index contributed by atoms with van der Waals surface area (Å²) in [7, 11) is 1.49. The summed E-state index contributed by atoms with van der Waals surface area (Å²) in [6, 6.07) is 0.0431. The van der Waals surface area contributed by atoms with Gasteiger partial charge >= 0.3 is 6.01 Å². The zero-order valence-corrected chi connectivity index (χ0v) is 10.3. The van der Waals surface area contributed by atoms with Gasteiger partial charge in [0.2, 0.25) is 5.89 Å². The fourth-order valence-corrected chi connectivity index (χ4v) is 1.29. The lowest BCUT2D eigenvalue weighted by Crippen LogP contribution is -2.24. The van der Waals surface area contributed by atoms with Gasteiger partial charge in [0.25, 0.3) is 6.43 Å². The average Bonchev–Trinajstić information content (AvgIpc) is 2.74. The van der Waals surface area contributed by atoms with Gasteiger partial charge in [-0.25, -0.2) is 8.78 Å². The molecule has 1 unspecified atom stereocenters. The molecule has 0 saturated carbocycles. The van der Waals surface area contributed by atoms with Crippen LogP contribution >= 0.6 is 0 Å². The Kier molecular flexibility index (Phi) is 5.27. The molecule has 0 amide bonds. The second-order valence-corrected chi connectivity index (χ2v) is 3.87. The number of halogens is 2. The third kappa shape index (κ3) is 4.26. The molecular formula is C10H18F2N4O. The van der Waals surface area contributed by atoms with Gasteiger partial charge in [-0.3, -0.25) is 0 Å². The molecule has 7 heteroatoms. The van der Waals surface area contributed by atoms with E-state index in [2.05, 4.69) is 22.4 Å².